The summed E-state index contributed by atoms with van der Waals surface area (Å²) in [6.07, 6.45) is 10.8. The highest BCUT2D eigenvalue weighted by atomic mass is 16.7. The molecule has 0 bridgehead atoms. The molecule has 1 saturated heterocycles. The first-order chi connectivity index (χ1) is 10.3. The Morgan fingerprint density at radius 3 is 2.29 bits per heavy atom. The summed E-state index contributed by atoms with van der Waals surface area (Å²) in [6, 6.07) is 10.6. The van der Waals surface area contributed by atoms with E-state index in [2.05, 4.69) is 37.3 Å². The van der Waals surface area contributed by atoms with Crippen molar-refractivity contribution in [3.05, 3.63) is 35.9 Å². The molecule has 0 aromatic heterocycles. The molecular weight excluding hydrogens is 260 g/mol. The van der Waals surface area contributed by atoms with Crippen LogP contribution in [0.2, 0.25) is 0 Å². The molecule has 0 spiro atoms. The molecule has 1 aliphatic rings. The van der Waals surface area contributed by atoms with Crippen molar-refractivity contribution < 1.29 is 9.47 Å². The fraction of sp³-hybridized carbons (Fsp3) is 0.684. The average molecular weight is 290 g/mol. The van der Waals surface area contributed by atoms with Crippen molar-refractivity contribution in [3.63, 3.8) is 0 Å². The molecule has 118 valence electrons. The molecule has 0 radical (unpaired) electrons. The monoisotopic (exact) mass is 290 g/mol. The number of ether oxygens (including phenoxy) is 2. The molecule has 2 heteroatoms. The fourth-order valence-corrected chi connectivity index (χ4v) is 3.03. The molecule has 1 aromatic carbocycles. The summed E-state index contributed by atoms with van der Waals surface area (Å²) in [7, 11) is 0. The van der Waals surface area contributed by atoms with Crippen molar-refractivity contribution in [3.8, 4) is 0 Å². The number of benzene rings is 1. The van der Waals surface area contributed by atoms with Crippen LogP contribution < -0.4 is 0 Å². The molecule has 2 nitrogen and oxygen atoms in total. The first-order valence-corrected chi connectivity index (χ1v) is 8.66. The van der Waals surface area contributed by atoms with Crippen LogP contribution in [0.1, 0.15) is 63.9 Å². The van der Waals surface area contributed by atoms with E-state index in [1.54, 1.807) is 0 Å². The molecule has 1 fully saturated rings. The van der Waals surface area contributed by atoms with Crippen LogP contribution >= 0.6 is 0 Å². The van der Waals surface area contributed by atoms with Gasteiger partial charge in [-0.1, -0.05) is 69.4 Å². The lowest BCUT2D eigenvalue weighted by atomic mass is 9.97. The highest BCUT2D eigenvalue weighted by Gasteiger charge is 2.34. The summed E-state index contributed by atoms with van der Waals surface area (Å²) in [4.78, 5) is 0. The predicted octanol–water partition coefficient (Wildman–Crippen LogP) is 5.11. The zero-order valence-electron chi connectivity index (χ0n) is 13.5. The minimum absolute atomic E-state index is 0.371. The molecule has 2 rings (SSSR count). The van der Waals surface area contributed by atoms with Gasteiger partial charge in [-0.25, -0.2) is 0 Å². The van der Waals surface area contributed by atoms with Gasteiger partial charge in [0.2, 0.25) is 0 Å². The molecule has 21 heavy (non-hydrogen) atoms. The molecule has 0 atom stereocenters. The quantitative estimate of drug-likeness (QED) is 0.588. The van der Waals surface area contributed by atoms with Crippen LogP contribution in [0.4, 0.5) is 0 Å². The summed E-state index contributed by atoms with van der Waals surface area (Å²) >= 11 is 0. The van der Waals surface area contributed by atoms with Crippen molar-refractivity contribution in [2.45, 2.75) is 70.5 Å². The van der Waals surface area contributed by atoms with Crippen molar-refractivity contribution in [1.82, 2.24) is 0 Å². The molecule has 0 saturated carbocycles. The molecule has 0 amide bonds. The van der Waals surface area contributed by atoms with Crippen molar-refractivity contribution in [2.75, 3.05) is 13.2 Å². The minimum Gasteiger partial charge on any atom is -0.349 e. The normalized spacial score (nSPS) is 17.8. The van der Waals surface area contributed by atoms with E-state index in [9.17, 15) is 0 Å². The largest absolute Gasteiger partial charge is 0.349 e. The van der Waals surface area contributed by atoms with E-state index in [1.807, 2.05) is 0 Å². The second-order valence-electron chi connectivity index (χ2n) is 6.14. The maximum absolute atomic E-state index is 6.08. The van der Waals surface area contributed by atoms with Gasteiger partial charge >= 0.3 is 0 Å². The standard InChI is InChI=1S/C19H30O2/c1-2-3-4-5-6-10-14-19(20-15-11-16-21-19)17-18-12-8-7-9-13-18/h7-9,12-13H,2-6,10-11,14-17H2,1H3. The van der Waals surface area contributed by atoms with Gasteiger partial charge in [-0.15, -0.1) is 0 Å². The number of hydrogen-bond donors (Lipinski definition) is 0. The van der Waals surface area contributed by atoms with Crippen LogP contribution in [0.15, 0.2) is 30.3 Å². The van der Waals surface area contributed by atoms with E-state index < -0.39 is 0 Å². The lowest BCUT2D eigenvalue weighted by Crippen LogP contribution is -2.42. The van der Waals surface area contributed by atoms with E-state index in [0.29, 0.717) is 0 Å². The van der Waals surface area contributed by atoms with E-state index in [0.717, 1.165) is 32.5 Å². The van der Waals surface area contributed by atoms with Gasteiger partial charge in [-0.2, -0.15) is 0 Å². The van der Waals surface area contributed by atoms with Crippen molar-refractivity contribution in [1.29, 1.82) is 0 Å². The summed E-state index contributed by atoms with van der Waals surface area (Å²) < 4.78 is 12.2. The molecule has 0 aliphatic carbocycles. The van der Waals surface area contributed by atoms with E-state index in [1.165, 1.54) is 44.1 Å². The van der Waals surface area contributed by atoms with Crippen LogP contribution in [-0.2, 0) is 15.9 Å². The summed E-state index contributed by atoms with van der Waals surface area (Å²) in [5.41, 5.74) is 1.31. The third-order valence-electron chi connectivity index (χ3n) is 4.25. The molecular formula is C19H30O2. The second kappa shape index (κ2) is 9.22. The van der Waals surface area contributed by atoms with Gasteiger partial charge in [0.25, 0.3) is 0 Å². The van der Waals surface area contributed by atoms with Crippen LogP contribution in [-0.4, -0.2) is 19.0 Å². The summed E-state index contributed by atoms with van der Waals surface area (Å²) in [6.45, 7) is 3.93. The Labute approximate surface area is 129 Å². The minimum atomic E-state index is -0.371. The summed E-state index contributed by atoms with van der Waals surface area (Å²) in [5, 5.41) is 0. The van der Waals surface area contributed by atoms with Gasteiger partial charge < -0.3 is 9.47 Å². The first kappa shape index (κ1) is 16.5. The Kier molecular flexibility index (Phi) is 7.25. The topological polar surface area (TPSA) is 18.5 Å². The van der Waals surface area contributed by atoms with Gasteiger partial charge in [0.1, 0.15) is 0 Å². The first-order valence-electron chi connectivity index (χ1n) is 8.66. The molecule has 1 aliphatic heterocycles. The lowest BCUT2D eigenvalue weighted by Gasteiger charge is -2.37. The van der Waals surface area contributed by atoms with Crippen LogP contribution in [0.25, 0.3) is 0 Å². The maximum Gasteiger partial charge on any atom is 0.172 e. The maximum atomic E-state index is 6.08. The van der Waals surface area contributed by atoms with Gasteiger partial charge in [0, 0.05) is 12.8 Å². The average Bonchev–Trinajstić information content (AvgIpc) is 2.53. The van der Waals surface area contributed by atoms with Gasteiger partial charge in [-0.05, 0) is 18.4 Å². The number of unbranched alkanes of at least 4 members (excludes halogenated alkanes) is 5. The molecule has 0 N–H and O–H groups in total. The highest BCUT2D eigenvalue weighted by molar-refractivity contribution is 5.16. The Morgan fingerprint density at radius 2 is 1.57 bits per heavy atom. The SMILES string of the molecule is CCCCCCCCC1(Cc2ccccc2)OCCCO1. The number of rotatable bonds is 9. The van der Waals surface area contributed by atoms with Crippen LogP contribution in [0, 0.1) is 0 Å². The van der Waals surface area contributed by atoms with Crippen LogP contribution in [0.5, 0.6) is 0 Å². The van der Waals surface area contributed by atoms with Gasteiger partial charge in [-0.3, -0.25) is 0 Å². The second-order valence-corrected chi connectivity index (χ2v) is 6.14. The highest BCUT2D eigenvalue weighted by Crippen LogP contribution is 2.29. The van der Waals surface area contributed by atoms with E-state index >= 15 is 0 Å². The molecule has 1 aromatic rings. The Morgan fingerprint density at radius 1 is 0.905 bits per heavy atom. The number of hydrogen-bond acceptors (Lipinski definition) is 2. The smallest absolute Gasteiger partial charge is 0.172 e. The third-order valence-corrected chi connectivity index (χ3v) is 4.25. The molecule has 1 heterocycles. The third kappa shape index (κ3) is 5.80. The Balaban J connectivity index is 1.82. The van der Waals surface area contributed by atoms with Crippen molar-refractivity contribution in [2.24, 2.45) is 0 Å². The lowest BCUT2D eigenvalue weighted by molar-refractivity contribution is -0.269. The summed E-state index contributed by atoms with van der Waals surface area (Å²) in [5.74, 6) is -0.371. The van der Waals surface area contributed by atoms with Crippen molar-refractivity contribution >= 4 is 0 Å². The zero-order chi connectivity index (χ0) is 14.8. The van der Waals surface area contributed by atoms with E-state index in [-0.39, 0.29) is 5.79 Å². The molecule has 0 unspecified atom stereocenters. The van der Waals surface area contributed by atoms with E-state index in [4.69, 9.17) is 9.47 Å². The van der Waals surface area contributed by atoms with Crippen LogP contribution in [0.3, 0.4) is 0 Å². The van der Waals surface area contributed by atoms with Gasteiger partial charge in [0.05, 0.1) is 13.2 Å². The Hall–Kier alpha value is -0.860. The zero-order valence-corrected chi connectivity index (χ0v) is 13.5. The van der Waals surface area contributed by atoms with Gasteiger partial charge in [0.15, 0.2) is 5.79 Å². The fourth-order valence-electron chi connectivity index (χ4n) is 3.03. The Bertz CT molecular complexity index is 368. The predicted molar refractivity (Wildman–Crippen MR) is 87.4 cm³/mol.